The number of benzene rings is 1. The third-order valence-corrected chi connectivity index (χ3v) is 6.44. The number of methoxy groups -OCH3 is 1. The molecule has 0 aromatic heterocycles. The summed E-state index contributed by atoms with van der Waals surface area (Å²) in [6, 6.07) is 6.79. The molecule has 0 saturated heterocycles. The maximum atomic E-state index is 12.6. The van der Waals surface area contributed by atoms with Crippen LogP contribution in [0.3, 0.4) is 0 Å². The van der Waals surface area contributed by atoms with Crippen LogP contribution in [0.5, 0.6) is 0 Å². The molecule has 1 aromatic carbocycles. The van der Waals surface area contributed by atoms with Gasteiger partial charge in [0.1, 0.15) is 0 Å². The fraction of sp³-hybridized carbons (Fsp3) is 0.500. The molecule has 1 unspecified atom stereocenters. The van der Waals surface area contributed by atoms with E-state index in [9.17, 15) is 18.6 Å². The summed E-state index contributed by atoms with van der Waals surface area (Å²) in [6.07, 6.45) is 8.82. The second-order valence-corrected chi connectivity index (χ2v) is 8.90. The summed E-state index contributed by atoms with van der Waals surface area (Å²) >= 11 is 0. The van der Waals surface area contributed by atoms with Gasteiger partial charge in [0.25, 0.3) is 0 Å². The highest BCUT2D eigenvalue weighted by Crippen LogP contribution is 2.39. The van der Waals surface area contributed by atoms with Crippen molar-refractivity contribution in [3.05, 3.63) is 36.9 Å². The van der Waals surface area contributed by atoms with E-state index >= 15 is 0 Å². The molecule has 1 aliphatic rings. The van der Waals surface area contributed by atoms with Gasteiger partial charge < -0.3 is 10.1 Å². The zero-order valence-electron chi connectivity index (χ0n) is 19.1. The van der Waals surface area contributed by atoms with Crippen molar-refractivity contribution in [3.63, 3.8) is 0 Å². The van der Waals surface area contributed by atoms with Gasteiger partial charge in [0.05, 0.1) is 17.7 Å². The minimum Gasteiger partial charge on any atom is -0.469 e. The van der Waals surface area contributed by atoms with E-state index in [1.54, 1.807) is 30.3 Å². The van der Waals surface area contributed by atoms with E-state index in [0.29, 0.717) is 23.4 Å². The van der Waals surface area contributed by atoms with Crippen LogP contribution >= 0.6 is 0 Å². The van der Waals surface area contributed by atoms with Gasteiger partial charge in [-0.2, -0.15) is 0 Å². The van der Waals surface area contributed by atoms with E-state index < -0.39 is 11.0 Å². The summed E-state index contributed by atoms with van der Waals surface area (Å²) in [4.78, 5) is 35.9. The molecule has 1 aromatic rings. The van der Waals surface area contributed by atoms with Crippen LogP contribution in [0.2, 0.25) is 0 Å². The Morgan fingerprint density at radius 1 is 1.12 bits per heavy atom. The van der Waals surface area contributed by atoms with Gasteiger partial charge in [0, 0.05) is 25.3 Å². The van der Waals surface area contributed by atoms with E-state index in [1.807, 2.05) is 0 Å². The Morgan fingerprint density at radius 3 is 2.33 bits per heavy atom. The minimum absolute atomic E-state index is 0.143. The second-order valence-electron chi connectivity index (χ2n) is 7.72. The Morgan fingerprint density at radius 2 is 1.73 bits per heavy atom. The van der Waals surface area contributed by atoms with Crippen LogP contribution in [0.15, 0.2) is 41.8 Å². The molecular formula is C24H33N3O5S. The number of nitrogens with one attached hydrogen (secondary N) is 2. The Kier molecular flexibility index (Phi) is 13.4. The fourth-order valence-electron chi connectivity index (χ4n) is 3.31. The number of allylic oxidation sites excluding steroid dienone is 1. The molecule has 1 fully saturated rings. The molecule has 0 spiro atoms. The SMILES string of the molecule is C#N.C=C[C@@H]1C[C@@H]1C(=O)NS(=O)c1ccccc1NC(=O)CCCCCCCCC(=O)OC. The maximum absolute atomic E-state index is 12.6. The topological polar surface area (TPSA) is 125 Å². The standard InChI is InChI=1S/C23H32N2O5S.CHN/c1-3-17-16-18(17)23(28)25-31(29)20-13-11-10-12-19(20)24-21(26)14-8-6-4-5-7-9-15-22(27)30-2;1-2/h3,10-13,17-18H,1,4-9,14-16H2,2H3,(H,24,26)(H,25,28);1H/t17-,18+,31?;/m1./s1. The molecule has 0 bridgehead atoms. The number of para-hydroxylation sites is 1. The van der Waals surface area contributed by atoms with Crippen molar-refractivity contribution in [1.82, 2.24) is 4.72 Å². The van der Waals surface area contributed by atoms with Crippen LogP contribution in [0.4, 0.5) is 5.69 Å². The van der Waals surface area contributed by atoms with Crippen LogP contribution in [-0.4, -0.2) is 29.1 Å². The first kappa shape index (κ1) is 28.0. The highest BCUT2D eigenvalue weighted by Gasteiger charge is 2.41. The monoisotopic (exact) mass is 475 g/mol. The highest BCUT2D eigenvalue weighted by atomic mass is 32.2. The Bertz CT molecular complexity index is 856. The highest BCUT2D eigenvalue weighted by molar-refractivity contribution is 7.83. The quantitative estimate of drug-likeness (QED) is 0.238. The van der Waals surface area contributed by atoms with Crippen LogP contribution < -0.4 is 10.0 Å². The van der Waals surface area contributed by atoms with Crippen LogP contribution in [0.1, 0.15) is 57.8 Å². The maximum Gasteiger partial charge on any atom is 0.305 e. The summed E-state index contributed by atoms with van der Waals surface area (Å²) in [5.41, 5.74) is 0.449. The predicted octanol–water partition coefficient (Wildman–Crippen LogP) is 4.02. The molecule has 9 heteroatoms. The Labute approximate surface area is 198 Å². The van der Waals surface area contributed by atoms with Gasteiger partial charge in [0.15, 0.2) is 11.0 Å². The van der Waals surface area contributed by atoms with Crippen LogP contribution in [0.25, 0.3) is 0 Å². The molecule has 1 saturated carbocycles. The molecule has 8 nitrogen and oxygen atoms in total. The minimum atomic E-state index is -1.74. The number of hydrogen-bond acceptors (Lipinski definition) is 6. The molecule has 3 atom stereocenters. The number of rotatable bonds is 14. The second kappa shape index (κ2) is 15.8. The Hall–Kier alpha value is -2.99. The summed E-state index contributed by atoms with van der Waals surface area (Å²) in [7, 11) is -0.342. The molecule has 33 heavy (non-hydrogen) atoms. The van der Waals surface area contributed by atoms with Gasteiger partial charge in [-0.1, -0.05) is 43.9 Å². The number of unbranched alkanes of at least 4 members (excludes halogenated alkanes) is 5. The lowest BCUT2D eigenvalue weighted by Crippen LogP contribution is -2.28. The third-order valence-electron chi connectivity index (χ3n) is 5.30. The molecule has 0 heterocycles. The Balaban J connectivity index is 0.00000265. The first-order valence-corrected chi connectivity index (χ1v) is 12.2. The normalized spacial score (nSPS) is 16.9. The van der Waals surface area contributed by atoms with Crippen molar-refractivity contribution in [2.75, 3.05) is 12.4 Å². The summed E-state index contributed by atoms with van der Waals surface area (Å²) in [5.74, 6) is -0.583. The molecule has 2 amide bonds. The van der Waals surface area contributed by atoms with Gasteiger partial charge in [-0.15, -0.1) is 6.58 Å². The molecule has 1 aliphatic carbocycles. The van der Waals surface area contributed by atoms with E-state index in [-0.39, 0.29) is 29.6 Å². The molecule has 0 radical (unpaired) electrons. The van der Waals surface area contributed by atoms with Crippen molar-refractivity contribution in [2.24, 2.45) is 11.8 Å². The van der Waals surface area contributed by atoms with Crippen molar-refractivity contribution < 1.29 is 23.3 Å². The molecule has 180 valence electrons. The lowest BCUT2D eigenvalue weighted by Gasteiger charge is -2.11. The lowest BCUT2D eigenvalue weighted by molar-refractivity contribution is -0.140. The molecule has 2 N–H and O–H groups in total. The van der Waals surface area contributed by atoms with Gasteiger partial charge >= 0.3 is 5.97 Å². The van der Waals surface area contributed by atoms with Crippen LogP contribution in [-0.2, 0) is 30.1 Å². The number of esters is 1. The number of hydrogen-bond donors (Lipinski definition) is 2. The third kappa shape index (κ3) is 10.4. The zero-order chi connectivity index (χ0) is 24.6. The first-order chi connectivity index (χ1) is 16.0. The van der Waals surface area contributed by atoms with E-state index in [4.69, 9.17) is 5.26 Å². The number of anilines is 1. The number of carbonyl (C=O) groups is 3. The van der Waals surface area contributed by atoms with Crippen molar-refractivity contribution >= 4 is 34.5 Å². The summed E-state index contributed by atoms with van der Waals surface area (Å²) in [5, 5.41) is 9.31. The largest absolute Gasteiger partial charge is 0.469 e. The number of amides is 2. The van der Waals surface area contributed by atoms with Crippen molar-refractivity contribution in [3.8, 4) is 6.57 Å². The smallest absolute Gasteiger partial charge is 0.305 e. The number of ether oxygens (including phenoxy) is 1. The van der Waals surface area contributed by atoms with Crippen LogP contribution in [0, 0.1) is 23.7 Å². The zero-order valence-corrected chi connectivity index (χ0v) is 19.9. The van der Waals surface area contributed by atoms with E-state index in [0.717, 1.165) is 44.9 Å². The van der Waals surface area contributed by atoms with Gasteiger partial charge in [-0.3, -0.25) is 19.1 Å². The molecule has 0 aliphatic heterocycles. The molecular weight excluding hydrogens is 442 g/mol. The predicted molar refractivity (Wildman–Crippen MR) is 127 cm³/mol. The summed E-state index contributed by atoms with van der Waals surface area (Å²) in [6.45, 7) is 7.18. The molecule has 2 rings (SSSR count). The summed E-state index contributed by atoms with van der Waals surface area (Å²) < 4.78 is 19.7. The van der Waals surface area contributed by atoms with Crippen molar-refractivity contribution in [2.45, 2.75) is 62.7 Å². The number of nitriles is 1. The fourth-order valence-corrected chi connectivity index (χ4v) is 4.27. The van der Waals surface area contributed by atoms with Gasteiger partial charge in [-0.05, 0) is 37.3 Å². The lowest BCUT2D eigenvalue weighted by atomic mass is 10.1. The first-order valence-electron chi connectivity index (χ1n) is 11.0. The average molecular weight is 476 g/mol. The number of carbonyl (C=O) groups excluding carboxylic acids is 3. The van der Waals surface area contributed by atoms with Gasteiger partial charge in [0.2, 0.25) is 11.8 Å². The average Bonchev–Trinajstić information content (AvgIpc) is 3.62. The van der Waals surface area contributed by atoms with E-state index in [1.165, 1.54) is 7.11 Å². The number of nitrogens with zero attached hydrogens (tertiary/aromatic N) is 1. The van der Waals surface area contributed by atoms with Gasteiger partial charge in [-0.25, -0.2) is 9.47 Å². The van der Waals surface area contributed by atoms with E-state index in [2.05, 4.69) is 27.9 Å². The van der Waals surface area contributed by atoms with Crippen molar-refractivity contribution in [1.29, 1.82) is 5.26 Å².